The van der Waals surface area contributed by atoms with Gasteiger partial charge in [-0.3, -0.25) is 0 Å². The third-order valence-corrected chi connectivity index (χ3v) is 4.93. The van der Waals surface area contributed by atoms with Crippen LogP contribution in [0.15, 0.2) is 30.9 Å². The molecule has 1 rings (SSSR count). The quantitative estimate of drug-likeness (QED) is 0.264. The van der Waals surface area contributed by atoms with Crippen LogP contribution in [0.4, 0.5) is 5.69 Å². The first-order valence-corrected chi connectivity index (χ1v) is 9.09. The predicted octanol–water partition coefficient (Wildman–Crippen LogP) is -0.128. The van der Waals surface area contributed by atoms with E-state index in [9.17, 15) is 10.2 Å². The van der Waals surface area contributed by atoms with Crippen LogP contribution in [-0.2, 0) is 6.42 Å². The topological polar surface area (TPSA) is 66.5 Å². The maximum absolute atomic E-state index is 9.45. The van der Waals surface area contributed by atoms with Gasteiger partial charge in [-0.25, -0.2) is 0 Å². The van der Waals surface area contributed by atoms with Gasteiger partial charge in [-0.2, -0.15) is 0 Å². The number of nitrogens with zero attached hydrogens (tertiary/aromatic N) is 1. The molecule has 0 spiro atoms. The largest absolute Gasteiger partial charge is 1.00 e. The predicted molar refractivity (Wildman–Crippen MR) is 102 cm³/mol. The lowest BCUT2D eigenvalue weighted by atomic mass is 9.95. The second-order valence-corrected chi connectivity index (χ2v) is 7.03. The summed E-state index contributed by atoms with van der Waals surface area (Å²) >= 11 is 6.08. The summed E-state index contributed by atoms with van der Waals surface area (Å²) in [5.41, 5.74) is 7.72. The zero-order chi connectivity index (χ0) is 18.0. The zero-order valence-electron chi connectivity index (χ0n) is 15.1. The third-order valence-electron chi connectivity index (χ3n) is 4.71. The van der Waals surface area contributed by atoms with Crippen molar-refractivity contribution in [3.8, 4) is 0 Å². The number of nitrogens with two attached hydrogens (primary N) is 1. The van der Waals surface area contributed by atoms with E-state index in [1.165, 1.54) is 0 Å². The van der Waals surface area contributed by atoms with Crippen LogP contribution < -0.4 is 18.1 Å². The third kappa shape index (κ3) is 8.43. The Hall–Kier alpha value is -0.780. The standard InChI is InChI=1S/C19H32ClN2O2.ClH/c1-3-7-22(8-10-23,9-11-24)15-16(4-2)5-6-17-12-18(20)14-19(21)13-17;/h3,12-14,16,23-24H,1,4-11,15,21H2,2H3;1H/q+1;/p-1. The number of aliphatic hydroxyl groups excluding tert-OH is 2. The van der Waals surface area contributed by atoms with Gasteiger partial charge < -0.3 is 32.8 Å². The van der Waals surface area contributed by atoms with Gasteiger partial charge in [0.1, 0.15) is 13.1 Å². The molecule has 0 saturated carbocycles. The summed E-state index contributed by atoms with van der Waals surface area (Å²) in [5, 5.41) is 19.6. The summed E-state index contributed by atoms with van der Waals surface area (Å²) in [6.07, 6.45) is 4.90. The van der Waals surface area contributed by atoms with E-state index in [4.69, 9.17) is 17.3 Å². The van der Waals surface area contributed by atoms with Crippen molar-refractivity contribution < 1.29 is 27.1 Å². The van der Waals surface area contributed by atoms with Crippen molar-refractivity contribution in [3.63, 3.8) is 0 Å². The highest BCUT2D eigenvalue weighted by Crippen LogP contribution is 2.22. The van der Waals surface area contributed by atoms with E-state index in [-0.39, 0.29) is 25.6 Å². The van der Waals surface area contributed by atoms with Gasteiger partial charge in [0.2, 0.25) is 0 Å². The molecule has 144 valence electrons. The van der Waals surface area contributed by atoms with E-state index in [2.05, 4.69) is 13.5 Å². The van der Waals surface area contributed by atoms with Crippen LogP contribution in [0.25, 0.3) is 0 Å². The summed E-state index contributed by atoms with van der Waals surface area (Å²) in [6.45, 7) is 9.27. The summed E-state index contributed by atoms with van der Waals surface area (Å²) < 4.78 is 0.687. The summed E-state index contributed by atoms with van der Waals surface area (Å²) in [7, 11) is 0. The Balaban J connectivity index is 0.00000576. The van der Waals surface area contributed by atoms with Gasteiger partial charge in [-0.15, -0.1) is 0 Å². The van der Waals surface area contributed by atoms with Crippen molar-refractivity contribution in [2.45, 2.75) is 26.2 Å². The number of hydrogen-bond donors (Lipinski definition) is 3. The molecule has 0 heterocycles. The van der Waals surface area contributed by atoms with Crippen LogP contribution in [-0.4, -0.2) is 54.1 Å². The van der Waals surface area contributed by atoms with Crippen LogP contribution in [0.3, 0.4) is 0 Å². The van der Waals surface area contributed by atoms with Crippen LogP contribution in [0, 0.1) is 5.92 Å². The fourth-order valence-electron chi connectivity index (χ4n) is 3.41. The summed E-state index contributed by atoms with van der Waals surface area (Å²) in [6, 6.07) is 5.71. The van der Waals surface area contributed by atoms with Crippen molar-refractivity contribution >= 4 is 17.3 Å². The molecule has 4 N–H and O–H groups in total. The van der Waals surface area contributed by atoms with Crippen molar-refractivity contribution in [2.24, 2.45) is 5.92 Å². The van der Waals surface area contributed by atoms with Gasteiger partial charge >= 0.3 is 0 Å². The Morgan fingerprint density at radius 3 is 2.36 bits per heavy atom. The Labute approximate surface area is 163 Å². The Morgan fingerprint density at radius 2 is 1.88 bits per heavy atom. The average molecular weight is 391 g/mol. The van der Waals surface area contributed by atoms with Crippen LogP contribution in [0.1, 0.15) is 25.3 Å². The normalized spacial score (nSPS) is 12.5. The van der Waals surface area contributed by atoms with Crippen molar-refractivity contribution in [2.75, 3.05) is 45.1 Å². The highest BCUT2D eigenvalue weighted by molar-refractivity contribution is 6.30. The second-order valence-electron chi connectivity index (χ2n) is 6.60. The number of rotatable bonds is 12. The SMILES string of the molecule is C=CC[N+](CCO)(CCO)CC(CC)CCc1cc(N)cc(Cl)c1.[Cl-]. The van der Waals surface area contributed by atoms with E-state index >= 15 is 0 Å². The van der Waals surface area contributed by atoms with Gasteiger partial charge in [0, 0.05) is 16.6 Å². The minimum Gasteiger partial charge on any atom is -1.00 e. The van der Waals surface area contributed by atoms with Gasteiger partial charge in [-0.05, 0) is 49.1 Å². The first kappa shape index (κ1) is 24.2. The van der Waals surface area contributed by atoms with Crippen molar-refractivity contribution in [3.05, 3.63) is 41.4 Å². The van der Waals surface area contributed by atoms with Gasteiger partial charge in [0.25, 0.3) is 0 Å². The van der Waals surface area contributed by atoms with Crippen LogP contribution >= 0.6 is 11.6 Å². The fraction of sp³-hybridized carbons (Fsp3) is 0.579. The molecule has 0 aliphatic rings. The van der Waals surface area contributed by atoms with Gasteiger partial charge in [0.05, 0.1) is 26.3 Å². The van der Waals surface area contributed by atoms with Crippen LogP contribution in [0.2, 0.25) is 5.02 Å². The number of quaternary nitrogens is 1. The Morgan fingerprint density at radius 1 is 1.24 bits per heavy atom. The molecule has 0 radical (unpaired) electrons. The lowest BCUT2D eigenvalue weighted by molar-refractivity contribution is -0.926. The molecule has 1 unspecified atom stereocenters. The van der Waals surface area contributed by atoms with Crippen molar-refractivity contribution in [1.82, 2.24) is 0 Å². The number of anilines is 1. The number of benzene rings is 1. The molecule has 0 aliphatic heterocycles. The molecular formula is C19H32Cl2N2O2. The molecule has 0 amide bonds. The molecule has 1 atom stereocenters. The molecular weight excluding hydrogens is 359 g/mol. The maximum Gasteiger partial charge on any atom is 0.102 e. The lowest BCUT2D eigenvalue weighted by Gasteiger charge is -2.39. The van der Waals surface area contributed by atoms with E-state index in [1.807, 2.05) is 18.2 Å². The van der Waals surface area contributed by atoms with E-state index < -0.39 is 0 Å². The van der Waals surface area contributed by atoms with E-state index in [0.717, 1.165) is 37.9 Å². The average Bonchev–Trinajstić information content (AvgIpc) is 2.51. The molecule has 0 fully saturated rings. The minimum atomic E-state index is 0. The Kier molecular flexibility index (Phi) is 12.2. The maximum atomic E-state index is 9.45. The molecule has 0 aromatic heterocycles. The molecule has 0 aliphatic carbocycles. The number of aliphatic hydroxyl groups is 2. The van der Waals surface area contributed by atoms with Crippen molar-refractivity contribution in [1.29, 1.82) is 0 Å². The monoisotopic (exact) mass is 390 g/mol. The first-order chi connectivity index (χ1) is 11.5. The van der Waals surface area contributed by atoms with Gasteiger partial charge in [-0.1, -0.05) is 25.1 Å². The molecule has 1 aromatic carbocycles. The second kappa shape index (κ2) is 12.6. The number of hydrogen-bond acceptors (Lipinski definition) is 3. The number of nitrogen functional groups attached to an aromatic ring is 1. The highest BCUT2D eigenvalue weighted by Gasteiger charge is 2.28. The van der Waals surface area contributed by atoms with Crippen LogP contribution in [0.5, 0.6) is 0 Å². The summed E-state index contributed by atoms with van der Waals surface area (Å²) in [5.74, 6) is 0.503. The van der Waals surface area contributed by atoms with E-state index in [1.54, 1.807) is 6.07 Å². The minimum absolute atomic E-state index is 0. The molecule has 4 nitrogen and oxygen atoms in total. The lowest BCUT2D eigenvalue weighted by Crippen LogP contribution is -3.00. The Bertz CT molecular complexity index is 486. The van der Waals surface area contributed by atoms with E-state index in [0.29, 0.717) is 34.2 Å². The number of aryl methyl sites for hydroxylation is 1. The smallest absolute Gasteiger partial charge is 0.102 e. The molecule has 0 bridgehead atoms. The molecule has 6 heteroatoms. The molecule has 1 aromatic rings. The first-order valence-electron chi connectivity index (χ1n) is 8.71. The highest BCUT2D eigenvalue weighted by atomic mass is 35.5. The molecule has 25 heavy (non-hydrogen) atoms. The number of halogens is 2. The fourth-order valence-corrected chi connectivity index (χ4v) is 3.68. The summed E-state index contributed by atoms with van der Waals surface area (Å²) in [4.78, 5) is 0. The molecule has 0 saturated heterocycles. The van der Waals surface area contributed by atoms with Gasteiger partial charge in [0.15, 0.2) is 0 Å². The zero-order valence-corrected chi connectivity index (χ0v) is 16.6.